The Kier molecular flexibility index (Phi) is 6.56. The normalized spacial score (nSPS) is 11.7. The first-order valence-electron chi connectivity index (χ1n) is 8.88. The number of anilines is 1. The van der Waals surface area contributed by atoms with E-state index in [-0.39, 0.29) is 33.3 Å². The van der Waals surface area contributed by atoms with Gasteiger partial charge in [0.1, 0.15) is 0 Å². The number of halogens is 4. The highest BCUT2D eigenvalue weighted by molar-refractivity contribution is 7.92. The van der Waals surface area contributed by atoms with Crippen LogP contribution in [0.3, 0.4) is 0 Å². The predicted molar refractivity (Wildman–Crippen MR) is 111 cm³/mol. The van der Waals surface area contributed by atoms with Crippen LogP contribution in [0.5, 0.6) is 0 Å². The molecule has 0 atom stereocenters. The van der Waals surface area contributed by atoms with E-state index >= 15 is 0 Å². The number of nitrogens with one attached hydrogen (secondary N) is 2. The fourth-order valence-electron chi connectivity index (χ4n) is 2.69. The van der Waals surface area contributed by atoms with Crippen molar-refractivity contribution in [1.82, 2.24) is 5.32 Å². The van der Waals surface area contributed by atoms with Crippen molar-refractivity contribution in [3.05, 3.63) is 94.5 Å². The summed E-state index contributed by atoms with van der Waals surface area (Å²) in [6.45, 7) is -0.155. The number of hydrogen-bond donors (Lipinski definition) is 2. The first-order valence-corrected chi connectivity index (χ1v) is 10.7. The fourth-order valence-corrected chi connectivity index (χ4v) is 4.06. The molecule has 0 aliphatic carbocycles. The average molecular weight is 469 g/mol. The van der Waals surface area contributed by atoms with Crippen LogP contribution in [0.2, 0.25) is 5.02 Å². The van der Waals surface area contributed by atoms with E-state index < -0.39 is 27.7 Å². The maximum atomic E-state index is 12.8. The number of amides is 1. The Morgan fingerprint density at radius 2 is 1.65 bits per heavy atom. The number of carbonyl (C=O) groups is 1. The number of benzene rings is 3. The standard InChI is InChI=1S/C21H16ClF3N2O3S/c22-18-9-1-2-10-19(18)27-31(29,30)17-8-4-6-15(12-17)20(28)26-13-14-5-3-7-16(11-14)21(23,24)25/h1-12,27H,13H2,(H,26,28). The Hall–Kier alpha value is -3.04. The number of sulfonamides is 1. The summed E-state index contributed by atoms with van der Waals surface area (Å²) >= 11 is 5.98. The maximum Gasteiger partial charge on any atom is 0.416 e. The summed E-state index contributed by atoms with van der Waals surface area (Å²) in [4.78, 5) is 12.3. The van der Waals surface area contributed by atoms with Gasteiger partial charge < -0.3 is 5.32 Å². The topological polar surface area (TPSA) is 75.3 Å². The van der Waals surface area contributed by atoms with Crippen molar-refractivity contribution in [2.45, 2.75) is 17.6 Å². The van der Waals surface area contributed by atoms with Gasteiger partial charge in [-0.15, -0.1) is 0 Å². The van der Waals surface area contributed by atoms with Crippen LogP contribution in [-0.2, 0) is 22.7 Å². The molecule has 3 aromatic carbocycles. The van der Waals surface area contributed by atoms with E-state index in [1.807, 2.05) is 0 Å². The van der Waals surface area contributed by atoms with Crippen LogP contribution >= 0.6 is 11.6 Å². The Bertz CT molecular complexity index is 1210. The summed E-state index contributed by atoms with van der Waals surface area (Å²) < 4.78 is 66.0. The molecule has 1 amide bonds. The van der Waals surface area contributed by atoms with Crippen LogP contribution in [0.15, 0.2) is 77.7 Å². The first kappa shape index (κ1) is 22.6. The lowest BCUT2D eigenvalue weighted by atomic mass is 10.1. The van der Waals surface area contributed by atoms with E-state index in [0.717, 1.165) is 12.1 Å². The van der Waals surface area contributed by atoms with Crippen molar-refractivity contribution in [3.63, 3.8) is 0 Å². The van der Waals surface area contributed by atoms with Gasteiger partial charge in [0.25, 0.3) is 15.9 Å². The second-order valence-corrected chi connectivity index (χ2v) is 8.58. The van der Waals surface area contributed by atoms with Crippen LogP contribution in [0.1, 0.15) is 21.5 Å². The van der Waals surface area contributed by atoms with Gasteiger partial charge >= 0.3 is 6.18 Å². The molecule has 0 spiro atoms. The molecule has 3 aromatic rings. The molecule has 0 radical (unpaired) electrons. The fraction of sp³-hybridized carbons (Fsp3) is 0.0952. The van der Waals surface area contributed by atoms with E-state index in [4.69, 9.17) is 11.6 Å². The minimum Gasteiger partial charge on any atom is -0.348 e. The lowest BCUT2D eigenvalue weighted by Crippen LogP contribution is -2.23. The van der Waals surface area contributed by atoms with Crippen LogP contribution in [0.4, 0.5) is 18.9 Å². The minimum atomic E-state index is -4.49. The summed E-state index contributed by atoms with van der Waals surface area (Å²) in [5.41, 5.74) is -0.345. The summed E-state index contributed by atoms with van der Waals surface area (Å²) in [7, 11) is -4.02. The third-order valence-corrected chi connectivity index (χ3v) is 5.92. The molecule has 0 heterocycles. The highest BCUT2D eigenvalue weighted by Crippen LogP contribution is 2.29. The molecule has 10 heteroatoms. The SMILES string of the molecule is O=C(NCc1cccc(C(F)(F)F)c1)c1cccc(S(=O)(=O)Nc2ccccc2Cl)c1. The Morgan fingerprint density at radius 1 is 0.935 bits per heavy atom. The molecule has 0 unspecified atom stereocenters. The van der Waals surface area contributed by atoms with Gasteiger partial charge in [0.15, 0.2) is 0 Å². The van der Waals surface area contributed by atoms with Crippen molar-refractivity contribution in [2.75, 3.05) is 4.72 Å². The van der Waals surface area contributed by atoms with Crippen LogP contribution in [0, 0.1) is 0 Å². The molecule has 2 N–H and O–H groups in total. The summed E-state index contributed by atoms with van der Waals surface area (Å²) in [6, 6.07) is 16.1. The molecule has 5 nitrogen and oxygen atoms in total. The number of carbonyl (C=O) groups excluding carboxylic acids is 1. The number of para-hydroxylation sites is 1. The highest BCUT2D eigenvalue weighted by Gasteiger charge is 2.30. The van der Waals surface area contributed by atoms with Crippen LogP contribution in [0.25, 0.3) is 0 Å². The first-order chi connectivity index (χ1) is 14.6. The van der Waals surface area contributed by atoms with Gasteiger partial charge in [0, 0.05) is 12.1 Å². The Morgan fingerprint density at radius 3 is 2.35 bits per heavy atom. The van der Waals surface area contributed by atoms with Crippen LogP contribution in [-0.4, -0.2) is 14.3 Å². The Labute approximate surface area is 181 Å². The lowest BCUT2D eigenvalue weighted by Gasteiger charge is -2.11. The molecule has 0 aliphatic rings. The summed E-state index contributed by atoms with van der Waals surface area (Å²) in [6.07, 6.45) is -4.49. The van der Waals surface area contributed by atoms with Gasteiger partial charge in [-0.1, -0.05) is 41.9 Å². The largest absolute Gasteiger partial charge is 0.416 e. The van der Waals surface area contributed by atoms with E-state index in [1.54, 1.807) is 12.1 Å². The van der Waals surface area contributed by atoms with Crippen molar-refractivity contribution in [2.24, 2.45) is 0 Å². The summed E-state index contributed by atoms with van der Waals surface area (Å²) in [5.74, 6) is -0.632. The van der Waals surface area contributed by atoms with E-state index in [9.17, 15) is 26.4 Å². The van der Waals surface area contributed by atoms with Gasteiger partial charge in [-0.25, -0.2) is 8.42 Å². The second-order valence-electron chi connectivity index (χ2n) is 6.49. The minimum absolute atomic E-state index is 0.0361. The zero-order chi connectivity index (χ0) is 22.6. The highest BCUT2D eigenvalue weighted by atomic mass is 35.5. The zero-order valence-electron chi connectivity index (χ0n) is 15.8. The van der Waals surface area contributed by atoms with E-state index in [0.29, 0.717) is 0 Å². The molecular formula is C21H16ClF3N2O3S. The van der Waals surface area contributed by atoms with Crippen molar-refractivity contribution in [1.29, 1.82) is 0 Å². The van der Waals surface area contributed by atoms with Crippen molar-refractivity contribution in [3.8, 4) is 0 Å². The molecule has 3 rings (SSSR count). The van der Waals surface area contributed by atoms with E-state index in [2.05, 4.69) is 10.0 Å². The van der Waals surface area contributed by atoms with Gasteiger partial charge in [-0.3, -0.25) is 9.52 Å². The molecular weight excluding hydrogens is 453 g/mol. The third kappa shape index (κ3) is 5.77. The summed E-state index contributed by atoms with van der Waals surface area (Å²) in [5, 5.41) is 2.70. The molecule has 0 fully saturated rings. The molecule has 0 saturated heterocycles. The van der Waals surface area contributed by atoms with Gasteiger partial charge in [0.05, 0.1) is 21.2 Å². The second kappa shape index (κ2) is 8.99. The van der Waals surface area contributed by atoms with Gasteiger partial charge in [0.2, 0.25) is 0 Å². The maximum absolute atomic E-state index is 12.8. The zero-order valence-corrected chi connectivity index (χ0v) is 17.4. The Balaban J connectivity index is 1.74. The van der Waals surface area contributed by atoms with Crippen LogP contribution < -0.4 is 10.0 Å². The van der Waals surface area contributed by atoms with Crippen molar-refractivity contribution < 1.29 is 26.4 Å². The average Bonchev–Trinajstić information content (AvgIpc) is 2.73. The number of rotatable bonds is 6. The van der Waals surface area contributed by atoms with E-state index in [1.165, 1.54) is 48.5 Å². The quantitative estimate of drug-likeness (QED) is 0.529. The third-order valence-electron chi connectivity index (χ3n) is 4.23. The molecule has 0 aliphatic heterocycles. The molecule has 0 aromatic heterocycles. The molecule has 162 valence electrons. The van der Waals surface area contributed by atoms with Gasteiger partial charge in [-0.2, -0.15) is 13.2 Å². The molecule has 0 saturated carbocycles. The predicted octanol–water partition coefficient (Wildman–Crippen LogP) is 5.09. The van der Waals surface area contributed by atoms with Gasteiger partial charge in [-0.05, 0) is 48.0 Å². The van der Waals surface area contributed by atoms with Crippen molar-refractivity contribution >= 4 is 33.2 Å². The smallest absolute Gasteiger partial charge is 0.348 e. The number of alkyl halides is 3. The molecule has 0 bridgehead atoms. The number of hydrogen-bond acceptors (Lipinski definition) is 3. The molecule has 31 heavy (non-hydrogen) atoms. The lowest BCUT2D eigenvalue weighted by molar-refractivity contribution is -0.137. The monoisotopic (exact) mass is 468 g/mol.